The molecule has 172 valence electrons. The van der Waals surface area contributed by atoms with Crippen molar-refractivity contribution in [3.8, 4) is 23.1 Å². The predicted octanol–water partition coefficient (Wildman–Crippen LogP) is 5.89. The van der Waals surface area contributed by atoms with Crippen LogP contribution in [0.15, 0.2) is 42.5 Å². The molecule has 7 nitrogen and oxygen atoms in total. The number of hydrogen-bond donors (Lipinski definition) is 1. The fourth-order valence-corrected chi connectivity index (χ4v) is 4.17. The van der Waals surface area contributed by atoms with E-state index >= 15 is 0 Å². The van der Waals surface area contributed by atoms with Gasteiger partial charge in [0.1, 0.15) is 18.4 Å². The zero-order chi connectivity index (χ0) is 23.2. The Bertz CT molecular complexity index is 1160. The molecule has 0 atom stereocenters. The number of anilines is 1. The Morgan fingerprint density at radius 3 is 2.55 bits per heavy atom. The van der Waals surface area contributed by atoms with E-state index < -0.39 is 6.09 Å². The Balaban J connectivity index is 1.64. The van der Waals surface area contributed by atoms with Crippen LogP contribution >= 0.6 is 0 Å². The Morgan fingerprint density at radius 2 is 1.91 bits per heavy atom. The van der Waals surface area contributed by atoms with Crippen molar-refractivity contribution in [3.05, 3.63) is 48.0 Å². The lowest BCUT2D eigenvalue weighted by molar-refractivity contribution is 0.0850. The Labute approximate surface area is 193 Å². The van der Waals surface area contributed by atoms with Crippen molar-refractivity contribution in [2.45, 2.75) is 39.2 Å². The second kappa shape index (κ2) is 10.4. The van der Waals surface area contributed by atoms with Gasteiger partial charge in [0.05, 0.1) is 30.0 Å². The first kappa shape index (κ1) is 22.7. The van der Waals surface area contributed by atoms with Gasteiger partial charge in [0.2, 0.25) is 0 Å². The van der Waals surface area contributed by atoms with E-state index in [2.05, 4.69) is 16.0 Å². The van der Waals surface area contributed by atoms with E-state index in [9.17, 15) is 10.1 Å². The molecular weight excluding hydrogens is 418 g/mol. The van der Waals surface area contributed by atoms with Gasteiger partial charge in [0, 0.05) is 29.8 Å². The molecule has 0 bridgehead atoms. The highest BCUT2D eigenvalue weighted by atomic mass is 16.6. The SMILES string of the molecule is CCOCCOC(=O)Nc1ccc(-c2c(C#N)c3ccc(OCC)cc3n2C2CCC2)cc1. The van der Waals surface area contributed by atoms with Crippen LogP contribution in [0.2, 0.25) is 0 Å². The van der Waals surface area contributed by atoms with Gasteiger partial charge in [-0.25, -0.2) is 4.79 Å². The minimum atomic E-state index is -0.521. The minimum absolute atomic E-state index is 0.203. The summed E-state index contributed by atoms with van der Waals surface area (Å²) in [7, 11) is 0. The quantitative estimate of drug-likeness (QED) is 0.414. The van der Waals surface area contributed by atoms with Crippen LogP contribution in [0, 0.1) is 11.3 Å². The van der Waals surface area contributed by atoms with E-state index in [-0.39, 0.29) is 6.61 Å². The maximum atomic E-state index is 12.0. The van der Waals surface area contributed by atoms with Gasteiger partial charge in [-0.05, 0) is 62.9 Å². The molecule has 0 unspecified atom stereocenters. The normalized spacial score (nSPS) is 13.4. The topological polar surface area (TPSA) is 85.5 Å². The molecule has 1 aliphatic carbocycles. The predicted molar refractivity (Wildman–Crippen MR) is 128 cm³/mol. The average molecular weight is 448 g/mol. The summed E-state index contributed by atoms with van der Waals surface area (Å²) in [6.07, 6.45) is 2.85. The fourth-order valence-electron chi connectivity index (χ4n) is 4.17. The number of benzene rings is 2. The number of nitrogens with one attached hydrogen (secondary N) is 1. The molecule has 1 aromatic heterocycles. The summed E-state index contributed by atoms with van der Waals surface area (Å²) in [4.78, 5) is 12.0. The van der Waals surface area contributed by atoms with Crippen LogP contribution in [0.1, 0.15) is 44.7 Å². The lowest BCUT2D eigenvalue weighted by atomic mass is 9.92. The maximum Gasteiger partial charge on any atom is 0.411 e. The van der Waals surface area contributed by atoms with Gasteiger partial charge in [-0.3, -0.25) is 5.32 Å². The highest BCUT2D eigenvalue weighted by Gasteiger charge is 2.28. The first-order valence-corrected chi connectivity index (χ1v) is 11.5. The van der Waals surface area contributed by atoms with E-state index in [0.717, 1.165) is 40.8 Å². The third-order valence-electron chi connectivity index (χ3n) is 5.91. The third-order valence-corrected chi connectivity index (χ3v) is 5.91. The van der Waals surface area contributed by atoms with Gasteiger partial charge < -0.3 is 18.8 Å². The lowest BCUT2D eigenvalue weighted by Crippen LogP contribution is -2.18. The number of carbonyl (C=O) groups excluding carboxylic acids is 1. The Kier molecular flexibility index (Phi) is 7.16. The van der Waals surface area contributed by atoms with Crippen LogP contribution < -0.4 is 10.1 Å². The summed E-state index contributed by atoms with van der Waals surface area (Å²) < 4.78 is 18.3. The second-order valence-corrected chi connectivity index (χ2v) is 7.94. The first-order valence-electron chi connectivity index (χ1n) is 11.5. The molecule has 7 heteroatoms. The van der Waals surface area contributed by atoms with E-state index in [0.29, 0.717) is 37.1 Å². The van der Waals surface area contributed by atoms with Gasteiger partial charge in [0.15, 0.2) is 0 Å². The molecule has 3 aromatic rings. The molecule has 1 aliphatic rings. The van der Waals surface area contributed by atoms with Crippen LogP contribution in [-0.2, 0) is 9.47 Å². The van der Waals surface area contributed by atoms with Crippen LogP contribution in [-0.4, -0.2) is 37.1 Å². The third kappa shape index (κ3) is 4.81. The summed E-state index contributed by atoms with van der Waals surface area (Å²) in [5, 5.41) is 13.7. The highest BCUT2D eigenvalue weighted by molar-refractivity contribution is 5.96. The van der Waals surface area contributed by atoms with Gasteiger partial charge >= 0.3 is 6.09 Å². The lowest BCUT2D eigenvalue weighted by Gasteiger charge is -2.30. The summed E-state index contributed by atoms with van der Waals surface area (Å²) in [5.41, 5.74) is 4.16. The Hall–Kier alpha value is -3.50. The van der Waals surface area contributed by atoms with Gasteiger partial charge in [-0.2, -0.15) is 5.26 Å². The highest BCUT2D eigenvalue weighted by Crippen LogP contribution is 2.43. The van der Waals surface area contributed by atoms with Crippen molar-refractivity contribution >= 4 is 22.7 Å². The second-order valence-electron chi connectivity index (χ2n) is 7.94. The van der Waals surface area contributed by atoms with Gasteiger partial charge in [0.25, 0.3) is 0 Å². The number of fused-ring (bicyclic) bond motifs is 1. The molecule has 1 heterocycles. The van der Waals surface area contributed by atoms with Crippen molar-refractivity contribution in [1.82, 2.24) is 4.57 Å². The number of hydrogen-bond acceptors (Lipinski definition) is 5. The molecule has 1 fully saturated rings. The van der Waals surface area contributed by atoms with Crippen molar-refractivity contribution in [3.63, 3.8) is 0 Å². The van der Waals surface area contributed by atoms with Crippen molar-refractivity contribution < 1.29 is 19.0 Å². The van der Waals surface area contributed by atoms with Crippen molar-refractivity contribution in [1.29, 1.82) is 5.26 Å². The maximum absolute atomic E-state index is 12.0. The minimum Gasteiger partial charge on any atom is -0.494 e. The molecule has 1 N–H and O–H groups in total. The number of nitrogens with zero attached hydrogens (tertiary/aromatic N) is 2. The molecule has 0 saturated heterocycles. The summed E-state index contributed by atoms with van der Waals surface area (Å²) in [6.45, 7) is 5.61. The monoisotopic (exact) mass is 447 g/mol. The molecule has 1 amide bonds. The van der Waals surface area contributed by atoms with E-state index in [4.69, 9.17) is 14.2 Å². The van der Waals surface area contributed by atoms with Crippen LogP contribution in [0.4, 0.5) is 10.5 Å². The molecule has 0 spiro atoms. The van der Waals surface area contributed by atoms with E-state index in [1.807, 2.05) is 56.3 Å². The number of nitriles is 1. The van der Waals surface area contributed by atoms with Crippen molar-refractivity contribution in [2.24, 2.45) is 0 Å². The molecule has 1 saturated carbocycles. The molecule has 0 aliphatic heterocycles. The zero-order valence-corrected chi connectivity index (χ0v) is 19.1. The number of ether oxygens (including phenoxy) is 3. The molecule has 0 radical (unpaired) electrons. The molecular formula is C26H29N3O4. The van der Waals surface area contributed by atoms with E-state index in [1.165, 1.54) is 6.42 Å². The smallest absolute Gasteiger partial charge is 0.411 e. The van der Waals surface area contributed by atoms with Gasteiger partial charge in [-0.1, -0.05) is 12.1 Å². The number of carbonyl (C=O) groups is 1. The molecule has 2 aromatic carbocycles. The summed E-state index contributed by atoms with van der Waals surface area (Å²) in [5.74, 6) is 0.807. The summed E-state index contributed by atoms with van der Waals surface area (Å²) >= 11 is 0. The van der Waals surface area contributed by atoms with Crippen LogP contribution in [0.5, 0.6) is 5.75 Å². The first-order chi connectivity index (χ1) is 16.2. The molecule has 4 rings (SSSR count). The average Bonchev–Trinajstić information content (AvgIpc) is 3.10. The largest absolute Gasteiger partial charge is 0.494 e. The zero-order valence-electron chi connectivity index (χ0n) is 19.1. The number of amides is 1. The van der Waals surface area contributed by atoms with Gasteiger partial charge in [-0.15, -0.1) is 0 Å². The summed E-state index contributed by atoms with van der Waals surface area (Å²) in [6, 6.07) is 16.3. The standard InChI is InChI=1S/C26H29N3O4/c1-3-31-14-15-33-26(30)28-19-10-8-18(9-11-19)25-23(17-27)22-13-12-21(32-4-2)16-24(22)29(25)20-6-5-7-20/h8-13,16,20H,3-7,14-15H2,1-2H3,(H,28,30). The van der Waals surface area contributed by atoms with E-state index in [1.54, 1.807) is 0 Å². The Morgan fingerprint density at radius 1 is 1.12 bits per heavy atom. The number of rotatable bonds is 9. The number of aromatic nitrogens is 1. The van der Waals surface area contributed by atoms with Crippen molar-refractivity contribution in [2.75, 3.05) is 31.7 Å². The fraction of sp³-hybridized carbons (Fsp3) is 0.385. The van der Waals surface area contributed by atoms with Crippen LogP contribution in [0.3, 0.4) is 0 Å². The molecule has 33 heavy (non-hydrogen) atoms. The van der Waals surface area contributed by atoms with Crippen LogP contribution in [0.25, 0.3) is 22.2 Å².